The van der Waals surface area contributed by atoms with Crippen molar-refractivity contribution in [1.82, 2.24) is 5.32 Å². The minimum atomic E-state index is -5.35. The molecule has 0 saturated heterocycles. The van der Waals surface area contributed by atoms with E-state index in [0.29, 0.717) is 6.07 Å². The molecule has 2 aromatic rings. The van der Waals surface area contributed by atoms with Crippen molar-refractivity contribution in [1.29, 1.82) is 0 Å². The number of hydrogen-bond donors (Lipinski definition) is 3. The summed E-state index contributed by atoms with van der Waals surface area (Å²) in [6.45, 7) is -0.744. The summed E-state index contributed by atoms with van der Waals surface area (Å²) in [7, 11) is -10.5. The van der Waals surface area contributed by atoms with Gasteiger partial charge in [0.05, 0.1) is 15.5 Å². The average molecular weight is 595 g/mol. The van der Waals surface area contributed by atoms with Crippen molar-refractivity contribution in [2.45, 2.75) is 9.79 Å². The molecule has 3 rings (SSSR count). The van der Waals surface area contributed by atoms with Crippen LogP contribution in [0.1, 0.15) is 20.7 Å². The SMILES string of the molecule is NCC(=S)N(C(=S)CN)c1c(S(=O)(=O)[O-])cc2c3c(cc(S(=O)(=O)[O-])cc13)C(=O)NC2=O.[K+].[K+]. The van der Waals surface area contributed by atoms with Crippen molar-refractivity contribution in [3.8, 4) is 0 Å². The number of nitrogens with two attached hydrogens (primary N) is 2. The number of nitrogens with one attached hydrogen (secondary N) is 1. The van der Waals surface area contributed by atoms with Crippen molar-refractivity contribution in [3.05, 3.63) is 29.3 Å². The molecule has 5 N–H and O–H groups in total. The van der Waals surface area contributed by atoms with Crippen molar-refractivity contribution < 1.29 is 138 Å². The zero-order chi connectivity index (χ0) is 24.2. The van der Waals surface area contributed by atoms with Gasteiger partial charge in [-0.05, 0) is 18.2 Å². The standard InChI is InChI=1S/C16H14N4O8S4.2K/c17-4-11(29)20(12(30)5-18)14-7-1-6(31(23,24)25)2-8-13(7)9(16(22)19-15(8)21)3-10(14)32(26,27)28;;/h1-3H,4-5,17-18H2,(H,19,21,22)(H,23,24,25)(H,26,27,28);;/q;2*+1/p-2. The monoisotopic (exact) mass is 594 g/mol. The topological polar surface area (TPSA) is 216 Å². The second-order valence-electron chi connectivity index (χ2n) is 6.39. The second-order valence-corrected chi connectivity index (χ2v) is 10.1. The van der Waals surface area contributed by atoms with E-state index in [4.69, 9.17) is 35.9 Å². The predicted octanol–water partition coefficient (Wildman–Crippen LogP) is -7.08. The fraction of sp³-hybridized carbons (Fsp3) is 0.125. The summed E-state index contributed by atoms with van der Waals surface area (Å²) in [5, 5.41) is 1.26. The van der Waals surface area contributed by atoms with Crippen molar-refractivity contribution in [2.24, 2.45) is 11.5 Å². The largest absolute Gasteiger partial charge is 1.00 e. The first-order valence-corrected chi connectivity index (χ1v) is 12.0. The maximum absolute atomic E-state index is 12.4. The van der Waals surface area contributed by atoms with Gasteiger partial charge in [-0.25, -0.2) is 16.8 Å². The van der Waals surface area contributed by atoms with Crippen molar-refractivity contribution in [2.75, 3.05) is 18.0 Å². The van der Waals surface area contributed by atoms with Gasteiger partial charge < -0.3 is 20.6 Å². The van der Waals surface area contributed by atoms with E-state index in [9.17, 15) is 35.5 Å². The van der Waals surface area contributed by atoms with Gasteiger partial charge in [0, 0.05) is 35.0 Å². The van der Waals surface area contributed by atoms with E-state index in [0.717, 1.165) is 17.0 Å². The molecule has 170 valence electrons. The van der Waals surface area contributed by atoms with Gasteiger partial charge in [-0.3, -0.25) is 19.8 Å². The van der Waals surface area contributed by atoms with Crippen LogP contribution in [0.15, 0.2) is 28.0 Å². The van der Waals surface area contributed by atoms with Crippen LogP contribution in [0.3, 0.4) is 0 Å². The van der Waals surface area contributed by atoms with Gasteiger partial charge in [0.1, 0.15) is 30.2 Å². The Kier molecular flexibility index (Phi) is 11.7. The Morgan fingerprint density at radius 1 is 0.882 bits per heavy atom. The van der Waals surface area contributed by atoms with Crippen molar-refractivity contribution >= 4 is 82.9 Å². The maximum atomic E-state index is 12.4. The van der Waals surface area contributed by atoms with Gasteiger partial charge >= 0.3 is 103 Å². The molecule has 0 bridgehead atoms. The zero-order valence-corrected chi connectivity index (χ0v) is 27.2. The van der Waals surface area contributed by atoms with Crippen molar-refractivity contribution in [3.63, 3.8) is 0 Å². The van der Waals surface area contributed by atoms with Crippen LogP contribution >= 0.6 is 24.4 Å². The van der Waals surface area contributed by atoms with Gasteiger partial charge in [0.15, 0.2) is 0 Å². The first-order valence-electron chi connectivity index (χ1n) is 8.40. The van der Waals surface area contributed by atoms with Gasteiger partial charge in [0.25, 0.3) is 11.8 Å². The van der Waals surface area contributed by atoms with Crippen LogP contribution in [-0.4, -0.2) is 60.8 Å². The summed E-state index contributed by atoms with van der Waals surface area (Å²) in [4.78, 5) is 23.3. The minimum Gasteiger partial charge on any atom is -0.744 e. The van der Waals surface area contributed by atoms with E-state index in [-0.39, 0.29) is 131 Å². The van der Waals surface area contributed by atoms with E-state index >= 15 is 0 Å². The fourth-order valence-electron chi connectivity index (χ4n) is 3.23. The summed E-state index contributed by atoms with van der Waals surface area (Å²) in [6.07, 6.45) is 0. The number of carbonyl (C=O) groups is 2. The number of anilines is 1. The number of benzene rings is 2. The summed E-state index contributed by atoms with van der Waals surface area (Å²) in [5.74, 6) is -2.09. The van der Waals surface area contributed by atoms with Gasteiger partial charge in [0.2, 0.25) is 0 Å². The van der Waals surface area contributed by atoms with Crippen LogP contribution in [0.2, 0.25) is 0 Å². The Balaban J connectivity index is 0.00000289. The summed E-state index contributed by atoms with van der Waals surface area (Å²) in [6, 6.07) is 2.17. The average Bonchev–Trinajstić information content (AvgIpc) is 2.69. The Hall–Kier alpha value is 0.833. The third-order valence-electron chi connectivity index (χ3n) is 4.49. The van der Waals surface area contributed by atoms with Crippen LogP contribution in [0.5, 0.6) is 0 Å². The molecule has 18 heteroatoms. The molecule has 0 spiro atoms. The molecule has 1 aliphatic heterocycles. The minimum absolute atomic E-state index is 0. The predicted molar refractivity (Wildman–Crippen MR) is 117 cm³/mol. The van der Waals surface area contributed by atoms with Crippen LogP contribution in [0, 0.1) is 0 Å². The second kappa shape index (κ2) is 12.1. The zero-order valence-electron chi connectivity index (χ0n) is 17.6. The molecule has 1 aliphatic rings. The van der Waals surface area contributed by atoms with E-state index in [1.54, 1.807) is 0 Å². The normalized spacial score (nSPS) is 12.9. The number of amides is 2. The molecule has 0 aromatic heterocycles. The number of imide groups is 1. The summed E-state index contributed by atoms with van der Waals surface area (Å²) in [5.41, 5.74) is 9.74. The van der Waals surface area contributed by atoms with Crippen LogP contribution in [-0.2, 0) is 20.2 Å². The molecule has 0 saturated carbocycles. The molecule has 34 heavy (non-hydrogen) atoms. The van der Waals surface area contributed by atoms with E-state index < -0.39 is 64.0 Å². The summed E-state index contributed by atoms with van der Waals surface area (Å²) >= 11 is 10.3. The quantitative estimate of drug-likeness (QED) is 0.127. The smallest absolute Gasteiger partial charge is 0.744 e. The number of thiocarbonyl (C=S) groups is 2. The molecule has 12 nitrogen and oxygen atoms in total. The first kappa shape index (κ1) is 32.9. The third kappa shape index (κ3) is 6.27. The molecular weight excluding hydrogens is 583 g/mol. The molecule has 2 aromatic carbocycles. The molecule has 0 aliphatic carbocycles. The molecule has 0 fully saturated rings. The Morgan fingerprint density at radius 3 is 1.76 bits per heavy atom. The first-order chi connectivity index (χ1) is 14.7. The van der Waals surface area contributed by atoms with Crippen LogP contribution < -0.4 is 124 Å². The number of nitrogens with zero attached hydrogens (tertiary/aromatic N) is 1. The molecule has 0 radical (unpaired) electrons. The van der Waals surface area contributed by atoms with Gasteiger partial charge in [-0.15, -0.1) is 0 Å². The van der Waals surface area contributed by atoms with E-state index in [1.165, 1.54) is 0 Å². The molecule has 1 heterocycles. The van der Waals surface area contributed by atoms with E-state index in [1.807, 2.05) is 5.32 Å². The summed E-state index contributed by atoms with van der Waals surface area (Å²) < 4.78 is 71.6. The maximum Gasteiger partial charge on any atom is 1.00 e. The Labute approximate surface area is 289 Å². The molecular formula is C16H12K2N4O8S4. The van der Waals surface area contributed by atoms with E-state index in [2.05, 4.69) is 0 Å². The van der Waals surface area contributed by atoms with Crippen LogP contribution in [0.25, 0.3) is 10.8 Å². The number of rotatable bonds is 5. The number of hydrogen-bond acceptors (Lipinski definition) is 12. The molecule has 0 unspecified atom stereocenters. The Bertz CT molecular complexity index is 1430. The molecule has 2 amide bonds. The fourth-order valence-corrected chi connectivity index (χ4v) is 4.91. The Morgan fingerprint density at radius 2 is 1.35 bits per heavy atom. The third-order valence-corrected chi connectivity index (χ3v) is 6.85. The van der Waals surface area contributed by atoms with Gasteiger partial charge in [-0.2, -0.15) is 0 Å². The number of carbonyl (C=O) groups excluding carboxylic acids is 2. The van der Waals surface area contributed by atoms with Gasteiger partial charge in [-0.1, -0.05) is 24.4 Å². The van der Waals surface area contributed by atoms with Crippen LogP contribution in [0.4, 0.5) is 5.69 Å². The molecule has 0 atom stereocenters.